The molecule has 0 aromatic heterocycles. The van der Waals surface area contributed by atoms with E-state index in [1.165, 1.54) is 13.2 Å². The van der Waals surface area contributed by atoms with Gasteiger partial charge in [-0.1, -0.05) is 35.3 Å². The lowest BCUT2D eigenvalue weighted by molar-refractivity contribution is -0.128. The number of ether oxygens (including phenoxy) is 3. The third-order valence-corrected chi connectivity index (χ3v) is 7.64. The molecule has 1 N–H and O–H groups in total. The molecule has 1 heterocycles. The number of carbonyl (C=O) groups is 1. The topological polar surface area (TPSA) is 60.0 Å². The number of nitrogens with one attached hydrogen (secondary N) is 1. The molecule has 3 aromatic carbocycles. The predicted molar refractivity (Wildman–Crippen MR) is 155 cm³/mol. The van der Waals surface area contributed by atoms with E-state index in [0.29, 0.717) is 35.6 Å². The molecule has 1 aliphatic carbocycles. The number of halogens is 4. The summed E-state index contributed by atoms with van der Waals surface area (Å²) in [6.45, 7) is 1.77. The molecule has 1 saturated carbocycles. The van der Waals surface area contributed by atoms with Crippen molar-refractivity contribution >= 4 is 34.7 Å². The van der Waals surface area contributed by atoms with Crippen LogP contribution in [-0.4, -0.2) is 50.3 Å². The lowest BCUT2D eigenvalue weighted by Crippen LogP contribution is -2.39. The lowest BCUT2D eigenvalue weighted by atomic mass is 9.93. The van der Waals surface area contributed by atoms with Gasteiger partial charge in [-0.15, -0.1) is 0 Å². The van der Waals surface area contributed by atoms with Crippen molar-refractivity contribution in [2.45, 2.75) is 31.8 Å². The summed E-state index contributed by atoms with van der Waals surface area (Å²) in [5, 5.41) is 3.50. The third kappa shape index (κ3) is 7.12. The molecule has 0 saturated heterocycles. The van der Waals surface area contributed by atoms with E-state index in [1.54, 1.807) is 17.0 Å². The molecule has 216 valence electrons. The highest BCUT2D eigenvalue weighted by Crippen LogP contribution is 2.35. The fourth-order valence-electron chi connectivity index (χ4n) is 4.84. The molecule has 2 aliphatic rings. The van der Waals surface area contributed by atoms with Crippen molar-refractivity contribution in [3.63, 3.8) is 0 Å². The van der Waals surface area contributed by atoms with Crippen LogP contribution in [0.3, 0.4) is 0 Å². The number of hydrogen-bond donors (Lipinski definition) is 1. The molecule has 0 atom stereocenters. The fourth-order valence-corrected chi connectivity index (χ4v) is 5.41. The summed E-state index contributed by atoms with van der Waals surface area (Å²) < 4.78 is 44.6. The summed E-state index contributed by atoms with van der Waals surface area (Å²) in [6, 6.07) is 14.5. The van der Waals surface area contributed by atoms with Crippen LogP contribution in [0.25, 0.3) is 5.57 Å². The minimum Gasteiger partial charge on any atom is -0.497 e. The van der Waals surface area contributed by atoms with E-state index < -0.39 is 5.82 Å². The van der Waals surface area contributed by atoms with Crippen molar-refractivity contribution in [1.82, 2.24) is 10.2 Å². The second-order valence-electron chi connectivity index (χ2n) is 9.93. The van der Waals surface area contributed by atoms with Crippen LogP contribution in [0, 0.1) is 11.6 Å². The van der Waals surface area contributed by atoms with Gasteiger partial charge in [0, 0.05) is 30.3 Å². The summed E-state index contributed by atoms with van der Waals surface area (Å²) in [6.07, 6.45) is 2.51. The van der Waals surface area contributed by atoms with Crippen LogP contribution >= 0.6 is 23.2 Å². The number of carbonyl (C=O) groups excluding carboxylic acids is 1. The largest absolute Gasteiger partial charge is 0.497 e. The Kier molecular flexibility index (Phi) is 9.32. The van der Waals surface area contributed by atoms with Gasteiger partial charge in [-0.2, -0.15) is 0 Å². The number of nitrogens with zero attached hydrogens (tertiary/aromatic N) is 1. The molecule has 1 aliphatic heterocycles. The molecule has 1 fully saturated rings. The van der Waals surface area contributed by atoms with Crippen LogP contribution in [0.15, 0.2) is 60.2 Å². The Balaban J connectivity index is 1.26. The van der Waals surface area contributed by atoms with Crippen molar-refractivity contribution < 1.29 is 27.8 Å². The van der Waals surface area contributed by atoms with Crippen LogP contribution < -0.4 is 19.5 Å². The van der Waals surface area contributed by atoms with Gasteiger partial charge >= 0.3 is 0 Å². The average Bonchev–Trinajstić information content (AvgIpc) is 3.81. The van der Waals surface area contributed by atoms with Gasteiger partial charge in [-0.25, -0.2) is 8.78 Å². The highest BCUT2D eigenvalue weighted by molar-refractivity contribution is 6.37. The molecular formula is C31H30Cl2F2N2O4. The smallest absolute Gasteiger partial charge is 0.251 e. The molecule has 5 rings (SSSR count). The Labute approximate surface area is 247 Å². The predicted octanol–water partition coefficient (Wildman–Crippen LogP) is 6.68. The Bertz CT molecular complexity index is 1420. The van der Waals surface area contributed by atoms with Gasteiger partial charge in [0.25, 0.3) is 5.91 Å². The van der Waals surface area contributed by atoms with E-state index in [-0.39, 0.29) is 53.3 Å². The molecule has 6 nitrogen and oxygen atoms in total. The third-order valence-electron chi connectivity index (χ3n) is 7.08. The molecule has 10 heteroatoms. The van der Waals surface area contributed by atoms with Crippen LogP contribution in [0.4, 0.5) is 8.78 Å². The zero-order valence-corrected chi connectivity index (χ0v) is 24.0. The summed E-state index contributed by atoms with van der Waals surface area (Å²) in [7, 11) is 1.54. The minimum absolute atomic E-state index is 0.0764. The lowest BCUT2D eigenvalue weighted by Gasteiger charge is -2.28. The van der Waals surface area contributed by atoms with Gasteiger partial charge in [-0.3, -0.25) is 4.79 Å². The molecule has 0 radical (unpaired) electrons. The average molecular weight is 603 g/mol. The molecule has 0 spiro atoms. The standard InChI is InChI=1S/C31H30Cl2F2N2O4/c1-39-24-8-9-29(35)20(14-24)18-37(22-4-5-22)31(38)26-17-36-11-10-25(26)19-2-6-23(7-3-19)40-12-13-41-30-27(32)15-21(34)16-28(30)33/h2-3,6-9,14-16,22,36H,4-5,10-13,17-18H2,1H3. The van der Waals surface area contributed by atoms with Crippen molar-refractivity contribution in [3.8, 4) is 17.2 Å². The minimum atomic E-state index is -0.539. The molecule has 0 unspecified atom stereocenters. The quantitative estimate of drug-likeness (QED) is 0.248. The van der Waals surface area contributed by atoms with Gasteiger partial charge in [0.1, 0.15) is 36.3 Å². The first-order chi connectivity index (χ1) is 19.8. The van der Waals surface area contributed by atoms with Gasteiger partial charge in [-0.05, 0) is 79.4 Å². The summed E-state index contributed by atoms with van der Waals surface area (Å²) in [4.78, 5) is 15.6. The first-order valence-corrected chi connectivity index (χ1v) is 14.2. The first-order valence-electron chi connectivity index (χ1n) is 13.4. The second kappa shape index (κ2) is 13.1. The number of hydrogen-bond acceptors (Lipinski definition) is 5. The zero-order chi connectivity index (χ0) is 28.9. The van der Waals surface area contributed by atoms with Crippen molar-refractivity contribution in [2.24, 2.45) is 0 Å². The van der Waals surface area contributed by atoms with E-state index in [2.05, 4.69) is 5.32 Å². The maximum Gasteiger partial charge on any atom is 0.251 e. The summed E-state index contributed by atoms with van der Waals surface area (Å²) in [5.74, 6) is 0.420. The van der Waals surface area contributed by atoms with E-state index in [0.717, 1.165) is 42.7 Å². The maximum atomic E-state index is 14.6. The number of amides is 1. The highest BCUT2D eigenvalue weighted by Gasteiger charge is 2.36. The van der Waals surface area contributed by atoms with E-state index in [1.807, 2.05) is 24.3 Å². The van der Waals surface area contributed by atoms with Crippen molar-refractivity contribution in [3.05, 3.63) is 93.0 Å². The Morgan fingerprint density at radius 3 is 2.34 bits per heavy atom. The summed E-state index contributed by atoms with van der Waals surface area (Å²) >= 11 is 12.0. The van der Waals surface area contributed by atoms with Crippen molar-refractivity contribution in [2.75, 3.05) is 33.4 Å². The monoisotopic (exact) mass is 602 g/mol. The van der Waals surface area contributed by atoms with E-state index in [9.17, 15) is 13.6 Å². The van der Waals surface area contributed by atoms with Crippen LogP contribution in [-0.2, 0) is 11.3 Å². The Hall–Kier alpha value is -3.33. The SMILES string of the molecule is COc1ccc(F)c(CN(C(=O)C2=C(c3ccc(OCCOc4c(Cl)cc(F)cc4Cl)cc3)CCNC2)C2CC2)c1. The zero-order valence-electron chi connectivity index (χ0n) is 22.5. The van der Waals surface area contributed by atoms with Crippen LogP contribution in [0.2, 0.25) is 10.0 Å². The van der Waals surface area contributed by atoms with Crippen molar-refractivity contribution in [1.29, 1.82) is 0 Å². The van der Waals surface area contributed by atoms with E-state index >= 15 is 0 Å². The normalized spacial score (nSPS) is 15.0. The fraction of sp³-hybridized carbons (Fsp3) is 0.323. The molecule has 1 amide bonds. The maximum absolute atomic E-state index is 14.6. The number of benzene rings is 3. The second-order valence-corrected chi connectivity index (χ2v) is 10.7. The first kappa shape index (κ1) is 29.2. The molecule has 41 heavy (non-hydrogen) atoms. The van der Waals surface area contributed by atoms with Gasteiger partial charge in [0.15, 0.2) is 5.75 Å². The molecule has 0 bridgehead atoms. The number of rotatable bonds is 11. The van der Waals surface area contributed by atoms with Gasteiger partial charge in [0.2, 0.25) is 0 Å². The highest BCUT2D eigenvalue weighted by atomic mass is 35.5. The van der Waals surface area contributed by atoms with Crippen LogP contribution in [0.1, 0.15) is 30.4 Å². The van der Waals surface area contributed by atoms with Crippen LogP contribution in [0.5, 0.6) is 17.2 Å². The molecular weight excluding hydrogens is 573 g/mol. The number of methoxy groups -OCH3 is 1. The Morgan fingerprint density at radius 2 is 1.66 bits per heavy atom. The van der Waals surface area contributed by atoms with Gasteiger partial charge in [0.05, 0.1) is 17.2 Å². The summed E-state index contributed by atoms with van der Waals surface area (Å²) in [5.41, 5.74) is 3.04. The Morgan fingerprint density at radius 1 is 0.976 bits per heavy atom. The van der Waals surface area contributed by atoms with Gasteiger partial charge < -0.3 is 24.4 Å². The van der Waals surface area contributed by atoms with E-state index in [4.69, 9.17) is 37.4 Å². The molecule has 3 aromatic rings.